The highest BCUT2D eigenvalue weighted by Crippen LogP contribution is 2.32. The quantitative estimate of drug-likeness (QED) is 0.738. The first-order chi connectivity index (χ1) is 8.00. The number of halogens is 2. The number of aliphatic hydroxyl groups excluding tert-OH is 1. The summed E-state index contributed by atoms with van der Waals surface area (Å²) in [5.74, 6) is -1.78. The first-order valence-electron chi connectivity index (χ1n) is 5.67. The van der Waals surface area contributed by atoms with Crippen LogP contribution in [0, 0.1) is 17.6 Å². The fourth-order valence-corrected chi connectivity index (χ4v) is 2.21. The molecule has 2 atom stereocenters. The molecule has 0 spiro atoms. The molecular formula is C12H16F2N2O. The summed E-state index contributed by atoms with van der Waals surface area (Å²) >= 11 is 0. The molecule has 0 aromatic heterocycles. The van der Waals surface area contributed by atoms with Crippen molar-refractivity contribution in [3.8, 4) is 0 Å². The fourth-order valence-electron chi connectivity index (χ4n) is 2.21. The third-order valence-electron chi connectivity index (χ3n) is 3.28. The molecule has 5 heteroatoms. The highest BCUT2D eigenvalue weighted by molar-refractivity contribution is 5.68. The molecule has 1 aromatic carbocycles. The minimum Gasteiger partial charge on any atom is -0.397 e. The van der Waals surface area contributed by atoms with Gasteiger partial charge in [-0.05, 0) is 24.5 Å². The van der Waals surface area contributed by atoms with Gasteiger partial charge in [0.1, 0.15) is 0 Å². The van der Waals surface area contributed by atoms with Crippen LogP contribution in [0.25, 0.3) is 0 Å². The van der Waals surface area contributed by atoms with Crippen molar-refractivity contribution in [2.24, 2.45) is 5.92 Å². The maximum Gasteiger partial charge on any atom is 0.184 e. The first kappa shape index (κ1) is 12.1. The Morgan fingerprint density at radius 2 is 2.12 bits per heavy atom. The van der Waals surface area contributed by atoms with Gasteiger partial charge in [-0.2, -0.15) is 0 Å². The Kier molecular flexibility index (Phi) is 3.19. The number of hydrogen-bond acceptors (Lipinski definition) is 3. The molecule has 0 radical (unpaired) electrons. The maximum absolute atomic E-state index is 13.7. The Labute approximate surface area is 98.8 Å². The van der Waals surface area contributed by atoms with E-state index in [9.17, 15) is 13.9 Å². The lowest BCUT2D eigenvalue weighted by molar-refractivity contribution is 0.0969. The number of nitrogens with two attached hydrogens (primary N) is 1. The summed E-state index contributed by atoms with van der Waals surface area (Å²) < 4.78 is 26.9. The zero-order valence-electron chi connectivity index (χ0n) is 9.66. The van der Waals surface area contributed by atoms with Crippen molar-refractivity contribution in [2.75, 3.05) is 23.7 Å². The molecule has 0 bridgehead atoms. The second kappa shape index (κ2) is 4.49. The molecule has 0 aliphatic carbocycles. The molecule has 3 N–H and O–H groups in total. The topological polar surface area (TPSA) is 49.5 Å². The Hall–Kier alpha value is -1.36. The molecule has 2 rings (SSSR count). The number of nitrogen functional groups attached to an aromatic ring is 1. The normalized spacial score (nSPS) is 25.1. The van der Waals surface area contributed by atoms with Crippen molar-refractivity contribution >= 4 is 11.4 Å². The molecular weight excluding hydrogens is 226 g/mol. The van der Waals surface area contributed by atoms with Crippen LogP contribution in [-0.4, -0.2) is 24.3 Å². The molecule has 1 aliphatic rings. The molecule has 1 heterocycles. The van der Waals surface area contributed by atoms with E-state index in [1.807, 2.05) is 6.92 Å². The largest absolute Gasteiger partial charge is 0.397 e. The number of anilines is 2. The van der Waals surface area contributed by atoms with Gasteiger partial charge in [-0.1, -0.05) is 6.92 Å². The highest BCUT2D eigenvalue weighted by Gasteiger charge is 2.27. The van der Waals surface area contributed by atoms with Crippen LogP contribution in [0.2, 0.25) is 0 Å². The summed E-state index contributed by atoms with van der Waals surface area (Å²) in [6.45, 7) is 2.84. The predicted octanol–water partition coefficient (Wildman–Crippen LogP) is 1.75. The van der Waals surface area contributed by atoms with E-state index in [-0.39, 0.29) is 23.4 Å². The van der Waals surface area contributed by atoms with E-state index in [0.29, 0.717) is 19.5 Å². The summed E-state index contributed by atoms with van der Waals surface area (Å²) in [5, 5.41) is 9.61. The number of nitrogens with zero attached hydrogens (tertiary/aromatic N) is 1. The van der Waals surface area contributed by atoms with E-state index in [4.69, 9.17) is 5.73 Å². The lowest BCUT2D eigenvalue weighted by Crippen LogP contribution is -2.42. The summed E-state index contributed by atoms with van der Waals surface area (Å²) in [5.41, 5.74) is 6.03. The lowest BCUT2D eigenvalue weighted by Gasteiger charge is -2.36. The average molecular weight is 242 g/mol. The Morgan fingerprint density at radius 3 is 2.76 bits per heavy atom. The molecule has 0 saturated carbocycles. The summed E-state index contributed by atoms with van der Waals surface area (Å²) in [6, 6.07) is 2.39. The molecule has 3 nitrogen and oxygen atoms in total. The number of aliphatic hydroxyl groups is 1. The van der Waals surface area contributed by atoms with Crippen LogP contribution in [0.15, 0.2) is 12.1 Å². The molecule has 1 aliphatic heterocycles. The minimum absolute atomic E-state index is 0.0193. The highest BCUT2D eigenvalue weighted by atomic mass is 19.2. The van der Waals surface area contributed by atoms with E-state index in [1.54, 1.807) is 4.90 Å². The number of rotatable bonds is 1. The molecule has 94 valence electrons. The van der Waals surface area contributed by atoms with Gasteiger partial charge in [-0.15, -0.1) is 0 Å². The van der Waals surface area contributed by atoms with Gasteiger partial charge in [0, 0.05) is 13.1 Å². The van der Waals surface area contributed by atoms with Crippen molar-refractivity contribution in [1.82, 2.24) is 0 Å². The van der Waals surface area contributed by atoms with Gasteiger partial charge >= 0.3 is 0 Å². The molecule has 1 fully saturated rings. The van der Waals surface area contributed by atoms with E-state index in [0.717, 1.165) is 6.07 Å². The van der Waals surface area contributed by atoms with Crippen LogP contribution in [0.5, 0.6) is 0 Å². The minimum atomic E-state index is -0.909. The van der Waals surface area contributed by atoms with E-state index in [1.165, 1.54) is 6.07 Å². The van der Waals surface area contributed by atoms with Crippen LogP contribution in [0.3, 0.4) is 0 Å². The number of benzene rings is 1. The number of piperidine rings is 1. The third-order valence-corrected chi connectivity index (χ3v) is 3.28. The predicted molar refractivity (Wildman–Crippen MR) is 62.8 cm³/mol. The fraction of sp³-hybridized carbons (Fsp3) is 0.500. The van der Waals surface area contributed by atoms with Crippen LogP contribution >= 0.6 is 0 Å². The summed E-state index contributed by atoms with van der Waals surface area (Å²) in [6.07, 6.45) is 0.153. The monoisotopic (exact) mass is 242 g/mol. The van der Waals surface area contributed by atoms with Crippen LogP contribution < -0.4 is 10.6 Å². The Balaban J connectivity index is 2.31. The Morgan fingerprint density at radius 1 is 1.41 bits per heavy atom. The van der Waals surface area contributed by atoms with Crippen LogP contribution in [-0.2, 0) is 0 Å². The Bertz CT molecular complexity index is 425. The summed E-state index contributed by atoms with van der Waals surface area (Å²) in [4.78, 5) is 1.70. The standard InChI is InChI=1S/C12H16F2N2O/c1-7-6-16(5-4-10(7)17)12-9(15)3-2-8(13)11(12)14/h2-3,7,10,17H,4-6,15H2,1H3. The third kappa shape index (κ3) is 2.20. The molecule has 0 amide bonds. The van der Waals surface area contributed by atoms with Crippen molar-refractivity contribution in [2.45, 2.75) is 19.4 Å². The number of hydrogen-bond donors (Lipinski definition) is 2. The molecule has 17 heavy (non-hydrogen) atoms. The SMILES string of the molecule is CC1CN(c2c(N)ccc(F)c2F)CCC1O. The first-order valence-corrected chi connectivity index (χ1v) is 5.67. The van der Waals surface area contributed by atoms with Gasteiger partial charge in [-0.25, -0.2) is 8.78 Å². The van der Waals surface area contributed by atoms with Crippen molar-refractivity contribution < 1.29 is 13.9 Å². The van der Waals surface area contributed by atoms with Gasteiger partial charge in [-0.3, -0.25) is 0 Å². The lowest BCUT2D eigenvalue weighted by atomic mass is 9.96. The van der Waals surface area contributed by atoms with Crippen molar-refractivity contribution in [3.63, 3.8) is 0 Å². The van der Waals surface area contributed by atoms with Crippen LogP contribution in [0.1, 0.15) is 13.3 Å². The zero-order valence-corrected chi connectivity index (χ0v) is 9.66. The second-order valence-electron chi connectivity index (χ2n) is 4.58. The maximum atomic E-state index is 13.7. The van der Waals surface area contributed by atoms with Gasteiger partial charge in [0.15, 0.2) is 11.6 Å². The van der Waals surface area contributed by atoms with Gasteiger partial charge < -0.3 is 15.7 Å². The van der Waals surface area contributed by atoms with Gasteiger partial charge in [0.25, 0.3) is 0 Å². The molecule has 1 saturated heterocycles. The summed E-state index contributed by atoms with van der Waals surface area (Å²) in [7, 11) is 0. The van der Waals surface area contributed by atoms with E-state index >= 15 is 0 Å². The second-order valence-corrected chi connectivity index (χ2v) is 4.58. The van der Waals surface area contributed by atoms with Crippen LogP contribution in [0.4, 0.5) is 20.2 Å². The van der Waals surface area contributed by atoms with Gasteiger partial charge in [0.2, 0.25) is 0 Å². The average Bonchev–Trinajstić information content (AvgIpc) is 2.29. The smallest absolute Gasteiger partial charge is 0.184 e. The zero-order chi connectivity index (χ0) is 12.6. The van der Waals surface area contributed by atoms with Gasteiger partial charge in [0.05, 0.1) is 17.5 Å². The molecule has 2 unspecified atom stereocenters. The van der Waals surface area contributed by atoms with E-state index < -0.39 is 11.6 Å². The van der Waals surface area contributed by atoms with Crippen molar-refractivity contribution in [3.05, 3.63) is 23.8 Å². The molecule has 1 aromatic rings. The van der Waals surface area contributed by atoms with Crippen molar-refractivity contribution in [1.29, 1.82) is 0 Å². The van der Waals surface area contributed by atoms with E-state index in [2.05, 4.69) is 0 Å².